The Bertz CT molecular complexity index is 250. The predicted molar refractivity (Wildman–Crippen MR) is 82.2 cm³/mol. The van der Waals surface area contributed by atoms with E-state index >= 15 is 0 Å². The van der Waals surface area contributed by atoms with E-state index in [0.717, 1.165) is 16.6 Å². The van der Waals surface area contributed by atoms with Crippen LogP contribution < -0.4 is 0 Å². The average molecular weight is 255 g/mol. The summed E-state index contributed by atoms with van der Waals surface area (Å²) in [4.78, 5) is 0. The van der Waals surface area contributed by atoms with E-state index < -0.39 is 16.1 Å². The molecule has 0 aliphatic heterocycles. The van der Waals surface area contributed by atoms with E-state index in [9.17, 15) is 0 Å². The Labute approximate surface area is 105 Å². The van der Waals surface area contributed by atoms with E-state index in [1.54, 1.807) is 0 Å². The van der Waals surface area contributed by atoms with E-state index in [-0.39, 0.29) is 0 Å². The van der Waals surface area contributed by atoms with Gasteiger partial charge in [-0.25, -0.2) is 0 Å². The second-order valence-corrected chi connectivity index (χ2v) is 17.2. The van der Waals surface area contributed by atoms with Gasteiger partial charge in [-0.05, 0) is 16.6 Å². The lowest BCUT2D eigenvalue weighted by Gasteiger charge is -2.38. The van der Waals surface area contributed by atoms with Crippen molar-refractivity contribution in [3.63, 3.8) is 0 Å². The first-order chi connectivity index (χ1) is 7.04. The normalized spacial score (nSPS) is 13.2. The van der Waals surface area contributed by atoms with Crippen LogP contribution in [-0.2, 0) is 0 Å². The summed E-state index contributed by atoms with van der Waals surface area (Å²) < 4.78 is 0. The first-order valence-corrected chi connectivity index (χ1v) is 12.3. The van der Waals surface area contributed by atoms with Crippen molar-refractivity contribution in [2.24, 2.45) is 0 Å². The van der Waals surface area contributed by atoms with Gasteiger partial charge in [0.15, 0.2) is 0 Å². The van der Waals surface area contributed by atoms with Crippen LogP contribution in [0.15, 0.2) is 0 Å². The van der Waals surface area contributed by atoms with Crippen molar-refractivity contribution in [3.8, 4) is 11.1 Å². The van der Waals surface area contributed by atoms with Gasteiger partial charge in [0.1, 0.15) is 16.1 Å². The van der Waals surface area contributed by atoms with Gasteiger partial charge < -0.3 is 0 Å². The second kappa shape index (κ2) is 5.55. The average Bonchev–Trinajstić information content (AvgIpc) is 2.00. The molecule has 0 aromatic rings. The minimum absolute atomic E-state index is 0.761. The van der Waals surface area contributed by atoms with Crippen LogP contribution in [0, 0.1) is 11.1 Å². The Morgan fingerprint density at radius 1 is 0.625 bits per heavy atom. The molecule has 0 unspecified atom stereocenters. The fourth-order valence-electron chi connectivity index (χ4n) is 2.73. The molecule has 0 fully saturated rings. The highest BCUT2D eigenvalue weighted by molar-refractivity contribution is 6.93. The Morgan fingerprint density at radius 2 is 0.938 bits per heavy atom. The Hall–Kier alpha value is -0.00623. The summed E-state index contributed by atoms with van der Waals surface area (Å²) in [6.45, 7) is 21.3. The van der Waals surface area contributed by atoms with Gasteiger partial charge in [0, 0.05) is 0 Å². The standard InChI is InChI=1S/C14H30Si2/c1-12(2)16(13(3)4,14(5)6)11-10-15(7,8)9/h12-14H,1-9H3. The third-order valence-corrected chi connectivity index (χ3v) is 10.9. The highest BCUT2D eigenvalue weighted by atomic mass is 28.3. The zero-order valence-corrected chi connectivity index (χ0v) is 14.7. The van der Waals surface area contributed by atoms with E-state index in [0.29, 0.717) is 0 Å². The molecule has 0 rings (SSSR count). The summed E-state index contributed by atoms with van der Waals surface area (Å²) >= 11 is 0. The fourth-order valence-corrected chi connectivity index (χ4v) is 9.96. The first kappa shape index (κ1) is 16.0. The van der Waals surface area contributed by atoms with Crippen LogP contribution in [-0.4, -0.2) is 16.1 Å². The van der Waals surface area contributed by atoms with Crippen LogP contribution in [0.5, 0.6) is 0 Å². The Balaban J connectivity index is 5.45. The van der Waals surface area contributed by atoms with Crippen molar-refractivity contribution in [2.75, 3.05) is 0 Å². The largest absolute Gasteiger partial charge is 0.145 e. The molecule has 0 radical (unpaired) electrons. The minimum Gasteiger partial charge on any atom is -0.139 e. The van der Waals surface area contributed by atoms with Crippen LogP contribution in [0.1, 0.15) is 41.5 Å². The van der Waals surface area contributed by atoms with Gasteiger partial charge >= 0.3 is 0 Å². The lowest BCUT2D eigenvalue weighted by molar-refractivity contribution is 0.838. The van der Waals surface area contributed by atoms with Crippen molar-refractivity contribution >= 4 is 16.1 Å². The van der Waals surface area contributed by atoms with E-state index in [4.69, 9.17) is 0 Å². The lowest BCUT2D eigenvalue weighted by atomic mass is 10.5. The zero-order chi connectivity index (χ0) is 13.1. The van der Waals surface area contributed by atoms with Gasteiger partial charge in [0.25, 0.3) is 0 Å². The molecule has 16 heavy (non-hydrogen) atoms. The lowest BCUT2D eigenvalue weighted by Crippen LogP contribution is -2.43. The predicted octanol–water partition coefficient (Wildman–Crippen LogP) is 5.09. The summed E-state index contributed by atoms with van der Waals surface area (Å²) in [6.07, 6.45) is 0. The zero-order valence-electron chi connectivity index (χ0n) is 12.7. The van der Waals surface area contributed by atoms with Crippen molar-refractivity contribution in [3.05, 3.63) is 0 Å². The summed E-state index contributed by atoms with van der Waals surface area (Å²) in [5.41, 5.74) is 9.76. The molecule has 94 valence electrons. The molecule has 0 nitrogen and oxygen atoms in total. The molecular weight excluding hydrogens is 224 g/mol. The molecule has 0 aliphatic rings. The summed E-state index contributed by atoms with van der Waals surface area (Å²) in [6, 6.07) is 0. The number of hydrogen-bond donors (Lipinski definition) is 0. The van der Waals surface area contributed by atoms with Crippen LogP contribution in [0.4, 0.5) is 0 Å². The summed E-state index contributed by atoms with van der Waals surface area (Å²) in [7, 11) is -2.69. The quantitative estimate of drug-likeness (QED) is 0.486. The molecule has 0 atom stereocenters. The van der Waals surface area contributed by atoms with Gasteiger partial charge in [-0.2, -0.15) is 0 Å². The second-order valence-electron chi connectivity index (χ2n) is 6.90. The van der Waals surface area contributed by atoms with E-state index in [1.807, 2.05) is 0 Å². The fraction of sp³-hybridized carbons (Fsp3) is 0.857. The highest BCUT2D eigenvalue weighted by Crippen LogP contribution is 2.40. The van der Waals surface area contributed by atoms with Crippen LogP contribution in [0.3, 0.4) is 0 Å². The Kier molecular flexibility index (Phi) is 5.55. The molecule has 0 N–H and O–H groups in total. The SMILES string of the molecule is CC(C)[Si](C#C[Si](C)(C)C)(C(C)C)C(C)C. The highest BCUT2D eigenvalue weighted by Gasteiger charge is 2.41. The molecular formula is C14H30Si2. The molecule has 0 heterocycles. The monoisotopic (exact) mass is 254 g/mol. The number of rotatable bonds is 3. The Morgan fingerprint density at radius 3 is 1.12 bits per heavy atom. The molecule has 0 saturated carbocycles. The van der Waals surface area contributed by atoms with Gasteiger partial charge in [-0.15, -0.1) is 11.1 Å². The van der Waals surface area contributed by atoms with Crippen LogP contribution in [0.25, 0.3) is 0 Å². The molecule has 0 spiro atoms. The molecule has 0 aromatic heterocycles. The first-order valence-electron chi connectivity index (χ1n) is 6.58. The maximum Gasteiger partial charge on any atom is 0.145 e. The van der Waals surface area contributed by atoms with Crippen molar-refractivity contribution < 1.29 is 0 Å². The maximum atomic E-state index is 3.82. The van der Waals surface area contributed by atoms with Crippen LogP contribution >= 0.6 is 0 Å². The van der Waals surface area contributed by atoms with Crippen molar-refractivity contribution in [1.82, 2.24) is 0 Å². The summed E-state index contributed by atoms with van der Waals surface area (Å²) in [5.74, 6) is 0. The molecule has 0 bridgehead atoms. The van der Waals surface area contributed by atoms with E-state index in [2.05, 4.69) is 72.3 Å². The summed E-state index contributed by atoms with van der Waals surface area (Å²) in [5, 5.41) is 0. The third kappa shape index (κ3) is 3.78. The van der Waals surface area contributed by atoms with Gasteiger partial charge in [-0.1, -0.05) is 61.2 Å². The van der Waals surface area contributed by atoms with Crippen LogP contribution in [0.2, 0.25) is 36.3 Å². The smallest absolute Gasteiger partial charge is 0.139 e. The molecule has 0 aliphatic carbocycles. The van der Waals surface area contributed by atoms with Gasteiger partial charge in [-0.3, -0.25) is 0 Å². The molecule has 2 heteroatoms. The molecule has 0 saturated heterocycles. The minimum atomic E-state index is -1.46. The van der Waals surface area contributed by atoms with Crippen molar-refractivity contribution in [1.29, 1.82) is 0 Å². The third-order valence-electron chi connectivity index (χ3n) is 3.52. The van der Waals surface area contributed by atoms with Crippen molar-refractivity contribution in [2.45, 2.75) is 77.8 Å². The van der Waals surface area contributed by atoms with Gasteiger partial charge in [0.2, 0.25) is 0 Å². The number of hydrogen-bond acceptors (Lipinski definition) is 0. The van der Waals surface area contributed by atoms with Gasteiger partial charge in [0.05, 0.1) is 0 Å². The van der Waals surface area contributed by atoms with E-state index in [1.165, 1.54) is 0 Å². The maximum absolute atomic E-state index is 3.82. The molecule has 0 aromatic carbocycles. The topological polar surface area (TPSA) is 0 Å². The molecule has 0 amide bonds.